The summed E-state index contributed by atoms with van der Waals surface area (Å²) in [6.45, 7) is 0.602. The molecule has 0 atom stereocenters. The highest BCUT2D eigenvalue weighted by atomic mass is 35.5. The maximum absolute atomic E-state index is 12.9. The number of carbonyl (C=O) groups is 1. The maximum atomic E-state index is 12.9. The van der Waals surface area contributed by atoms with Crippen LogP contribution < -0.4 is 4.90 Å². The lowest BCUT2D eigenvalue weighted by Gasteiger charge is -2.15. The molecule has 0 aliphatic carbocycles. The smallest absolute Gasteiger partial charge is 0.241 e. The molecular weight excluding hydrogens is 205 g/mol. The quantitative estimate of drug-likeness (QED) is 0.653. The fraction of sp³-hybridized carbons (Fsp3) is 0.300. The SMILES string of the molecule is O=C(CCl)N1CCc2ccc(F)cc21. The number of halogens is 2. The van der Waals surface area contributed by atoms with E-state index in [9.17, 15) is 9.18 Å². The molecule has 0 N–H and O–H groups in total. The summed E-state index contributed by atoms with van der Waals surface area (Å²) in [6, 6.07) is 4.51. The number of rotatable bonds is 1. The molecule has 0 fully saturated rings. The zero-order valence-electron chi connectivity index (χ0n) is 7.46. The van der Waals surface area contributed by atoms with Gasteiger partial charge in [0, 0.05) is 12.2 Å². The van der Waals surface area contributed by atoms with Gasteiger partial charge < -0.3 is 4.90 Å². The van der Waals surface area contributed by atoms with Gasteiger partial charge in [0.1, 0.15) is 11.7 Å². The first-order chi connectivity index (χ1) is 6.72. The fourth-order valence-corrected chi connectivity index (χ4v) is 1.83. The monoisotopic (exact) mass is 213 g/mol. The van der Waals surface area contributed by atoms with Gasteiger partial charge >= 0.3 is 0 Å². The predicted octanol–water partition coefficient (Wildman–Crippen LogP) is 1.95. The Morgan fingerprint density at radius 3 is 3.07 bits per heavy atom. The number of amides is 1. The molecule has 14 heavy (non-hydrogen) atoms. The lowest BCUT2D eigenvalue weighted by atomic mass is 10.2. The molecule has 0 saturated heterocycles. The van der Waals surface area contributed by atoms with E-state index in [2.05, 4.69) is 0 Å². The number of carbonyl (C=O) groups excluding carboxylic acids is 1. The van der Waals surface area contributed by atoms with Crippen molar-refractivity contribution in [1.82, 2.24) is 0 Å². The van der Waals surface area contributed by atoms with Crippen LogP contribution in [0.1, 0.15) is 5.56 Å². The zero-order chi connectivity index (χ0) is 10.1. The van der Waals surface area contributed by atoms with Crippen LogP contribution in [0.25, 0.3) is 0 Å². The minimum absolute atomic E-state index is 0.0596. The summed E-state index contributed by atoms with van der Waals surface area (Å²) in [6.07, 6.45) is 0.776. The molecule has 2 rings (SSSR count). The molecule has 1 amide bonds. The molecule has 0 aromatic heterocycles. The summed E-state index contributed by atoms with van der Waals surface area (Å²) < 4.78 is 12.9. The van der Waals surface area contributed by atoms with Crippen molar-refractivity contribution >= 4 is 23.2 Å². The Bertz CT molecular complexity index is 380. The van der Waals surface area contributed by atoms with E-state index < -0.39 is 0 Å². The predicted molar refractivity (Wildman–Crippen MR) is 53.2 cm³/mol. The zero-order valence-corrected chi connectivity index (χ0v) is 8.22. The van der Waals surface area contributed by atoms with Crippen molar-refractivity contribution in [3.63, 3.8) is 0 Å². The third-order valence-corrected chi connectivity index (χ3v) is 2.59. The van der Waals surface area contributed by atoms with Crippen molar-refractivity contribution in [2.75, 3.05) is 17.3 Å². The molecule has 0 spiro atoms. The highest BCUT2D eigenvalue weighted by Crippen LogP contribution is 2.28. The molecule has 1 aromatic rings. The van der Waals surface area contributed by atoms with E-state index in [1.54, 1.807) is 6.07 Å². The lowest BCUT2D eigenvalue weighted by molar-refractivity contribution is -0.116. The van der Waals surface area contributed by atoms with E-state index in [-0.39, 0.29) is 17.6 Å². The van der Waals surface area contributed by atoms with Gasteiger partial charge in [-0.05, 0) is 24.1 Å². The first kappa shape index (κ1) is 9.46. The summed E-state index contributed by atoms with van der Waals surface area (Å²) in [7, 11) is 0. The van der Waals surface area contributed by atoms with Gasteiger partial charge in [0.2, 0.25) is 5.91 Å². The van der Waals surface area contributed by atoms with E-state index >= 15 is 0 Å². The number of hydrogen-bond acceptors (Lipinski definition) is 1. The normalized spacial score (nSPS) is 14.3. The molecule has 1 aliphatic rings. The first-order valence-corrected chi connectivity index (χ1v) is 4.90. The Kier molecular flexibility index (Phi) is 2.42. The second kappa shape index (κ2) is 3.58. The Morgan fingerprint density at radius 2 is 2.36 bits per heavy atom. The summed E-state index contributed by atoms with van der Waals surface area (Å²) in [4.78, 5) is 12.9. The number of benzene rings is 1. The number of fused-ring (bicyclic) bond motifs is 1. The molecular formula is C10H9ClFNO. The highest BCUT2D eigenvalue weighted by Gasteiger charge is 2.23. The third-order valence-electron chi connectivity index (χ3n) is 2.36. The number of anilines is 1. The van der Waals surface area contributed by atoms with E-state index in [0.717, 1.165) is 12.0 Å². The van der Waals surface area contributed by atoms with E-state index in [4.69, 9.17) is 11.6 Å². The average Bonchev–Trinajstić information content (AvgIpc) is 2.59. The molecule has 0 unspecified atom stereocenters. The van der Waals surface area contributed by atoms with Crippen LogP contribution in [-0.2, 0) is 11.2 Å². The van der Waals surface area contributed by atoms with Crippen LogP contribution in [0, 0.1) is 5.82 Å². The Labute approximate surface area is 86.3 Å². The van der Waals surface area contributed by atoms with Crippen LogP contribution in [-0.4, -0.2) is 18.3 Å². The standard InChI is InChI=1S/C10H9ClFNO/c11-6-10(14)13-4-3-7-1-2-8(12)5-9(7)13/h1-2,5H,3-4,6H2. The molecule has 1 aliphatic heterocycles. The van der Waals surface area contributed by atoms with Crippen LogP contribution in [0.3, 0.4) is 0 Å². The van der Waals surface area contributed by atoms with Gasteiger partial charge in [0.05, 0.1) is 0 Å². The van der Waals surface area contributed by atoms with Gasteiger partial charge in [-0.15, -0.1) is 11.6 Å². The number of hydrogen-bond donors (Lipinski definition) is 0. The van der Waals surface area contributed by atoms with Gasteiger partial charge in [0.15, 0.2) is 0 Å². The summed E-state index contributed by atoms with van der Waals surface area (Å²) in [5.41, 5.74) is 1.67. The molecule has 2 nitrogen and oxygen atoms in total. The van der Waals surface area contributed by atoms with Gasteiger partial charge in [-0.3, -0.25) is 4.79 Å². The third kappa shape index (κ3) is 1.48. The molecule has 1 heterocycles. The van der Waals surface area contributed by atoms with E-state index in [1.165, 1.54) is 17.0 Å². The number of alkyl halides is 1. The average molecular weight is 214 g/mol. The van der Waals surface area contributed by atoms with Crippen molar-refractivity contribution in [2.45, 2.75) is 6.42 Å². The molecule has 0 bridgehead atoms. The summed E-state index contributed by atoms with van der Waals surface area (Å²) in [5, 5.41) is 0. The molecule has 1 aromatic carbocycles. The minimum atomic E-state index is -0.321. The van der Waals surface area contributed by atoms with Crippen LogP contribution in [0.4, 0.5) is 10.1 Å². The van der Waals surface area contributed by atoms with Crippen molar-refractivity contribution in [1.29, 1.82) is 0 Å². The summed E-state index contributed by atoms with van der Waals surface area (Å²) >= 11 is 5.45. The van der Waals surface area contributed by atoms with Crippen molar-refractivity contribution < 1.29 is 9.18 Å². The maximum Gasteiger partial charge on any atom is 0.241 e. The molecule has 4 heteroatoms. The Balaban J connectivity index is 2.38. The second-order valence-electron chi connectivity index (χ2n) is 3.20. The molecule has 0 radical (unpaired) electrons. The topological polar surface area (TPSA) is 20.3 Å². The van der Waals surface area contributed by atoms with Gasteiger partial charge in [0.25, 0.3) is 0 Å². The lowest BCUT2D eigenvalue weighted by Crippen LogP contribution is -2.29. The fourth-order valence-electron chi connectivity index (χ4n) is 1.68. The Morgan fingerprint density at radius 1 is 1.57 bits per heavy atom. The van der Waals surface area contributed by atoms with E-state index in [1.807, 2.05) is 0 Å². The number of nitrogens with zero attached hydrogens (tertiary/aromatic N) is 1. The van der Waals surface area contributed by atoms with Crippen LogP contribution in [0.15, 0.2) is 18.2 Å². The highest BCUT2D eigenvalue weighted by molar-refractivity contribution is 6.29. The van der Waals surface area contributed by atoms with Gasteiger partial charge in [-0.1, -0.05) is 6.07 Å². The molecule has 0 saturated carbocycles. The van der Waals surface area contributed by atoms with Gasteiger partial charge in [-0.25, -0.2) is 4.39 Å². The van der Waals surface area contributed by atoms with Crippen LogP contribution in [0.5, 0.6) is 0 Å². The van der Waals surface area contributed by atoms with Crippen molar-refractivity contribution in [3.8, 4) is 0 Å². The van der Waals surface area contributed by atoms with Crippen LogP contribution >= 0.6 is 11.6 Å². The second-order valence-corrected chi connectivity index (χ2v) is 3.47. The minimum Gasteiger partial charge on any atom is -0.311 e. The first-order valence-electron chi connectivity index (χ1n) is 4.37. The Hall–Kier alpha value is -1.09. The van der Waals surface area contributed by atoms with Crippen molar-refractivity contribution in [2.24, 2.45) is 0 Å². The van der Waals surface area contributed by atoms with Crippen LogP contribution in [0.2, 0.25) is 0 Å². The van der Waals surface area contributed by atoms with E-state index in [0.29, 0.717) is 12.2 Å². The molecule has 74 valence electrons. The van der Waals surface area contributed by atoms with Crippen molar-refractivity contribution in [3.05, 3.63) is 29.6 Å². The summed E-state index contributed by atoms with van der Waals surface area (Å²) in [5.74, 6) is -0.551. The van der Waals surface area contributed by atoms with Gasteiger partial charge in [-0.2, -0.15) is 0 Å². The largest absolute Gasteiger partial charge is 0.311 e.